The van der Waals surface area contributed by atoms with E-state index in [0.29, 0.717) is 23.6 Å². The highest BCUT2D eigenvalue weighted by atomic mass is 19.1. The number of rotatable bonds is 8. The summed E-state index contributed by atoms with van der Waals surface area (Å²) in [5.41, 5.74) is 1.93. The van der Waals surface area contributed by atoms with Crippen LogP contribution in [0.15, 0.2) is 58.1 Å². The number of aromatic nitrogens is 4. The molecule has 0 aliphatic carbocycles. The van der Waals surface area contributed by atoms with Crippen molar-refractivity contribution in [1.29, 1.82) is 0 Å². The van der Waals surface area contributed by atoms with Crippen molar-refractivity contribution in [3.05, 3.63) is 91.9 Å². The molecule has 1 N–H and O–H groups in total. The molecule has 2 heterocycles. The Morgan fingerprint density at radius 1 is 0.970 bits per heavy atom. The summed E-state index contributed by atoms with van der Waals surface area (Å²) in [6.07, 6.45) is 2.86. The fourth-order valence-corrected chi connectivity index (χ4v) is 4.04. The molecule has 0 aliphatic rings. The Hall–Kier alpha value is -3.68. The van der Waals surface area contributed by atoms with Gasteiger partial charge in [0, 0.05) is 26.2 Å². The Morgan fingerprint density at radius 2 is 1.73 bits per heavy atom. The predicted octanol–water partition coefficient (Wildman–Crippen LogP) is 3.36. The summed E-state index contributed by atoms with van der Waals surface area (Å²) in [5, 5.41) is 3.30. The average Bonchev–Trinajstić information content (AvgIpc) is 3.18. The van der Waals surface area contributed by atoms with E-state index in [4.69, 9.17) is 0 Å². The number of nitrogens with zero attached hydrogens (tertiary/aromatic N) is 4. The molecule has 4 rings (SSSR count). The van der Waals surface area contributed by atoms with Gasteiger partial charge in [-0.1, -0.05) is 48.5 Å². The fraction of sp³-hybridized carbons (Fsp3) is 0.320. The maximum Gasteiger partial charge on any atom is 0.332 e. The van der Waals surface area contributed by atoms with Crippen molar-refractivity contribution in [3.8, 4) is 0 Å². The third kappa shape index (κ3) is 4.46. The standard InChI is InChI=1S/C25H28FN5O2/c1-17-10-9-14-19(20(17)26)16-31-21-22(29(2)25(33)30(3)23(21)32)28-24(31)27-15-8-7-13-18-11-5-4-6-12-18/h4-6,9-12,14H,7-8,13,15-16H2,1-3H3,(H,27,28). The summed E-state index contributed by atoms with van der Waals surface area (Å²) >= 11 is 0. The Labute approximate surface area is 191 Å². The molecule has 4 aromatic rings. The van der Waals surface area contributed by atoms with Crippen LogP contribution >= 0.6 is 0 Å². The van der Waals surface area contributed by atoms with Crippen LogP contribution in [0.5, 0.6) is 0 Å². The number of aryl methyl sites for hydroxylation is 3. The first-order valence-electron chi connectivity index (χ1n) is 11.1. The largest absolute Gasteiger partial charge is 0.356 e. The SMILES string of the molecule is Cc1cccc(Cn2c(NCCCCc3ccccc3)nc3c2c(=O)n(C)c(=O)n3C)c1F. The molecule has 172 valence electrons. The third-order valence-corrected chi connectivity index (χ3v) is 5.97. The van der Waals surface area contributed by atoms with E-state index < -0.39 is 11.2 Å². The zero-order valence-corrected chi connectivity index (χ0v) is 19.1. The van der Waals surface area contributed by atoms with E-state index in [9.17, 15) is 14.0 Å². The van der Waals surface area contributed by atoms with Crippen LogP contribution in [0.1, 0.15) is 29.5 Å². The Bertz CT molecular complexity index is 1400. The molecule has 0 radical (unpaired) electrons. The first kappa shape index (κ1) is 22.5. The van der Waals surface area contributed by atoms with E-state index >= 15 is 0 Å². The van der Waals surface area contributed by atoms with E-state index in [-0.39, 0.29) is 23.5 Å². The van der Waals surface area contributed by atoms with Gasteiger partial charge in [0.25, 0.3) is 5.56 Å². The summed E-state index contributed by atoms with van der Waals surface area (Å²) in [6, 6.07) is 15.5. The van der Waals surface area contributed by atoms with Crippen LogP contribution in [0.3, 0.4) is 0 Å². The van der Waals surface area contributed by atoms with Gasteiger partial charge in [-0.3, -0.25) is 18.5 Å². The summed E-state index contributed by atoms with van der Waals surface area (Å²) in [7, 11) is 3.02. The van der Waals surface area contributed by atoms with E-state index in [2.05, 4.69) is 22.4 Å². The molecule has 0 saturated heterocycles. The molecular formula is C25H28FN5O2. The van der Waals surface area contributed by atoms with Gasteiger partial charge in [-0.15, -0.1) is 0 Å². The van der Waals surface area contributed by atoms with Crippen molar-refractivity contribution < 1.29 is 4.39 Å². The zero-order chi connectivity index (χ0) is 23.5. The van der Waals surface area contributed by atoms with E-state index in [1.165, 1.54) is 17.2 Å². The second-order valence-corrected chi connectivity index (χ2v) is 8.32. The Balaban J connectivity index is 1.64. The maximum absolute atomic E-state index is 14.8. The molecule has 2 aromatic heterocycles. The second kappa shape index (κ2) is 9.44. The molecule has 0 spiro atoms. The maximum atomic E-state index is 14.8. The lowest BCUT2D eigenvalue weighted by atomic mass is 10.1. The van der Waals surface area contributed by atoms with Crippen molar-refractivity contribution in [1.82, 2.24) is 18.7 Å². The Morgan fingerprint density at radius 3 is 2.48 bits per heavy atom. The molecule has 0 fully saturated rings. The molecule has 0 aliphatic heterocycles. The minimum atomic E-state index is -0.453. The van der Waals surface area contributed by atoms with Crippen LogP contribution in [-0.4, -0.2) is 25.2 Å². The van der Waals surface area contributed by atoms with Gasteiger partial charge in [-0.25, -0.2) is 9.18 Å². The summed E-state index contributed by atoms with van der Waals surface area (Å²) < 4.78 is 18.8. The van der Waals surface area contributed by atoms with Crippen molar-refractivity contribution in [2.75, 3.05) is 11.9 Å². The van der Waals surface area contributed by atoms with Crippen molar-refractivity contribution >= 4 is 17.1 Å². The summed E-state index contributed by atoms with van der Waals surface area (Å²) in [5.74, 6) is 0.138. The lowest BCUT2D eigenvalue weighted by Crippen LogP contribution is -2.37. The normalized spacial score (nSPS) is 11.3. The molecule has 0 atom stereocenters. The van der Waals surface area contributed by atoms with Crippen LogP contribution in [0.4, 0.5) is 10.3 Å². The van der Waals surface area contributed by atoms with Crippen molar-refractivity contribution in [3.63, 3.8) is 0 Å². The first-order valence-corrected chi connectivity index (χ1v) is 11.1. The van der Waals surface area contributed by atoms with E-state index in [1.807, 2.05) is 18.2 Å². The average molecular weight is 450 g/mol. The number of halogens is 1. The van der Waals surface area contributed by atoms with Crippen molar-refractivity contribution in [2.45, 2.75) is 32.7 Å². The van der Waals surface area contributed by atoms with Gasteiger partial charge in [-0.2, -0.15) is 4.98 Å². The second-order valence-electron chi connectivity index (χ2n) is 8.32. The third-order valence-electron chi connectivity index (χ3n) is 5.97. The van der Waals surface area contributed by atoms with Crippen LogP contribution in [0, 0.1) is 12.7 Å². The van der Waals surface area contributed by atoms with Gasteiger partial charge in [0.1, 0.15) is 5.82 Å². The van der Waals surface area contributed by atoms with Gasteiger partial charge in [0.2, 0.25) is 5.95 Å². The zero-order valence-electron chi connectivity index (χ0n) is 19.1. The van der Waals surface area contributed by atoms with E-state index in [0.717, 1.165) is 23.8 Å². The summed E-state index contributed by atoms with van der Waals surface area (Å²) in [6.45, 7) is 2.48. The molecule has 8 heteroatoms. The first-order chi connectivity index (χ1) is 15.9. The van der Waals surface area contributed by atoms with E-state index in [1.54, 1.807) is 36.7 Å². The number of hydrogen-bond acceptors (Lipinski definition) is 4. The molecule has 2 aromatic carbocycles. The molecular weight excluding hydrogens is 421 g/mol. The topological polar surface area (TPSA) is 73.8 Å². The van der Waals surface area contributed by atoms with Crippen LogP contribution in [0.2, 0.25) is 0 Å². The number of imidazole rings is 1. The highest BCUT2D eigenvalue weighted by Crippen LogP contribution is 2.20. The predicted molar refractivity (Wildman–Crippen MR) is 128 cm³/mol. The lowest BCUT2D eigenvalue weighted by Gasteiger charge is -2.12. The summed E-state index contributed by atoms with van der Waals surface area (Å²) in [4.78, 5) is 29.9. The highest BCUT2D eigenvalue weighted by molar-refractivity contribution is 5.74. The minimum Gasteiger partial charge on any atom is -0.356 e. The van der Waals surface area contributed by atoms with Gasteiger partial charge < -0.3 is 5.32 Å². The molecule has 7 nitrogen and oxygen atoms in total. The van der Waals surface area contributed by atoms with Crippen LogP contribution in [0.25, 0.3) is 11.2 Å². The van der Waals surface area contributed by atoms with Gasteiger partial charge in [-0.05, 0) is 37.3 Å². The smallest absolute Gasteiger partial charge is 0.332 e. The number of benzene rings is 2. The van der Waals surface area contributed by atoms with Gasteiger partial charge >= 0.3 is 5.69 Å². The van der Waals surface area contributed by atoms with Crippen molar-refractivity contribution in [2.24, 2.45) is 14.1 Å². The number of nitrogens with one attached hydrogen (secondary N) is 1. The fourth-order valence-electron chi connectivity index (χ4n) is 4.04. The van der Waals surface area contributed by atoms with Crippen LogP contribution in [-0.2, 0) is 27.1 Å². The molecule has 0 unspecified atom stereocenters. The van der Waals surface area contributed by atoms with Crippen LogP contribution < -0.4 is 16.6 Å². The number of fused-ring (bicyclic) bond motifs is 1. The number of unbranched alkanes of at least 4 members (excludes halogenated alkanes) is 1. The minimum absolute atomic E-state index is 0.129. The number of hydrogen-bond donors (Lipinski definition) is 1. The molecule has 33 heavy (non-hydrogen) atoms. The van der Waals surface area contributed by atoms with Gasteiger partial charge in [0.05, 0.1) is 6.54 Å². The molecule has 0 saturated carbocycles. The highest BCUT2D eigenvalue weighted by Gasteiger charge is 2.20. The number of anilines is 1. The lowest BCUT2D eigenvalue weighted by molar-refractivity contribution is 0.592. The molecule has 0 bridgehead atoms. The van der Waals surface area contributed by atoms with Gasteiger partial charge in [0.15, 0.2) is 11.2 Å². The Kier molecular flexibility index (Phi) is 6.44. The molecule has 0 amide bonds. The monoisotopic (exact) mass is 449 g/mol. The quantitative estimate of drug-likeness (QED) is 0.419.